The van der Waals surface area contributed by atoms with Crippen molar-refractivity contribution in [2.75, 3.05) is 25.5 Å². The van der Waals surface area contributed by atoms with Crippen molar-refractivity contribution in [1.29, 1.82) is 0 Å². The first kappa shape index (κ1) is 14.5. The van der Waals surface area contributed by atoms with E-state index in [1.54, 1.807) is 6.20 Å². The maximum Gasteiger partial charge on any atom is 0.244 e. The number of hydrogen-bond donors (Lipinski definition) is 1. The van der Waals surface area contributed by atoms with Crippen LogP contribution >= 0.6 is 0 Å². The van der Waals surface area contributed by atoms with Crippen LogP contribution in [0.15, 0.2) is 17.0 Å². The second kappa shape index (κ2) is 6.21. The summed E-state index contributed by atoms with van der Waals surface area (Å²) in [7, 11) is 0. The van der Waals surface area contributed by atoms with E-state index in [0.717, 1.165) is 45.4 Å². The minimum Gasteiger partial charge on any atom is -0.383 e. The summed E-state index contributed by atoms with van der Waals surface area (Å²) < 4.78 is 11.0. The normalized spacial score (nSPS) is 23.4. The van der Waals surface area contributed by atoms with E-state index in [4.69, 9.17) is 15.0 Å². The zero-order chi connectivity index (χ0) is 15.6. The zero-order valence-corrected chi connectivity index (χ0v) is 12.9. The largest absolute Gasteiger partial charge is 0.383 e. The Morgan fingerprint density at radius 1 is 1.22 bits per heavy atom. The van der Waals surface area contributed by atoms with Gasteiger partial charge in [0.25, 0.3) is 0 Å². The van der Waals surface area contributed by atoms with Crippen molar-refractivity contribution >= 4 is 5.82 Å². The topological polar surface area (TPSA) is 103 Å². The Hall–Kier alpha value is -2.06. The Bertz CT molecular complexity index is 669. The van der Waals surface area contributed by atoms with Gasteiger partial charge in [-0.05, 0) is 32.2 Å². The van der Waals surface area contributed by atoms with Crippen LogP contribution in [0.5, 0.6) is 0 Å². The van der Waals surface area contributed by atoms with Gasteiger partial charge in [-0.1, -0.05) is 5.16 Å². The Kier molecular flexibility index (Phi) is 3.92. The lowest BCUT2D eigenvalue weighted by atomic mass is 10.1. The number of hydrogen-bond acceptors (Lipinski definition) is 8. The third-order valence-corrected chi connectivity index (χ3v) is 4.66. The maximum atomic E-state index is 5.86. The van der Waals surface area contributed by atoms with Crippen molar-refractivity contribution < 1.29 is 9.26 Å². The highest BCUT2D eigenvalue weighted by Gasteiger charge is 2.36. The van der Waals surface area contributed by atoms with Gasteiger partial charge in [-0.15, -0.1) is 0 Å². The molecular weight excluding hydrogens is 296 g/mol. The predicted octanol–water partition coefficient (Wildman–Crippen LogP) is 1.42. The quantitative estimate of drug-likeness (QED) is 0.907. The van der Waals surface area contributed by atoms with Gasteiger partial charge in [-0.25, -0.2) is 9.97 Å². The van der Waals surface area contributed by atoms with E-state index in [1.165, 1.54) is 6.33 Å². The average Bonchev–Trinajstić information content (AvgIpc) is 3.25. The van der Waals surface area contributed by atoms with Crippen molar-refractivity contribution in [3.05, 3.63) is 18.4 Å². The zero-order valence-electron chi connectivity index (χ0n) is 12.9. The molecule has 2 aliphatic rings. The van der Waals surface area contributed by atoms with E-state index in [-0.39, 0.29) is 6.04 Å². The second-order valence-corrected chi connectivity index (χ2v) is 6.02. The summed E-state index contributed by atoms with van der Waals surface area (Å²) in [6, 6.07) is 0.724. The standard InChI is InChI=1S/C15H20N6O2/c16-13-11(8-17-9-18-13)14-19-15(23-20-14)12-2-1-5-21(12)10-3-6-22-7-4-10/h8-10,12H,1-7H2,(H2,16,17,18). The van der Waals surface area contributed by atoms with E-state index >= 15 is 0 Å². The van der Waals surface area contributed by atoms with Gasteiger partial charge >= 0.3 is 0 Å². The molecule has 1 atom stereocenters. The SMILES string of the molecule is Nc1ncncc1-c1noc(C2CCCN2C2CCOCC2)n1. The highest BCUT2D eigenvalue weighted by atomic mass is 16.5. The summed E-state index contributed by atoms with van der Waals surface area (Å²) in [5, 5.41) is 4.07. The molecule has 2 saturated heterocycles. The lowest BCUT2D eigenvalue weighted by Gasteiger charge is -2.33. The van der Waals surface area contributed by atoms with Crippen LogP contribution < -0.4 is 5.73 Å². The Balaban J connectivity index is 1.57. The van der Waals surface area contributed by atoms with E-state index < -0.39 is 0 Å². The molecule has 2 aromatic heterocycles. The van der Waals surface area contributed by atoms with Gasteiger partial charge in [-0.3, -0.25) is 4.90 Å². The third kappa shape index (κ3) is 2.79. The summed E-state index contributed by atoms with van der Waals surface area (Å²) in [6.07, 6.45) is 7.34. The minimum absolute atomic E-state index is 0.185. The predicted molar refractivity (Wildman–Crippen MR) is 82.3 cm³/mol. The van der Waals surface area contributed by atoms with Crippen LogP contribution in [0.4, 0.5) is 5.82 Å². The molecule has 1 unspecified atom stereocenters. The lowest BCUT2D eigenvalue weighted by molar-refractivity contribution is 0.0243. The van der Waals surface area contributed by atoms with E-state index in [9.17, 15) is 0 Å². The highest BCUT2D eigenvalue weighted by molar-refractivity contribution is 5.66. The molecule has 2 N–H and O–H groups in total. The molecule has 0 spiro atoms. The van der Waals surface area contributed by atoms with Gasteiger partial charge in [0.2, 0.25) is 11.7 Å². The van der Waals surface area contributed by atoms with Crippen molar-refractivity contribution in [2.24, 2.45) is 0 Å². The number of anilines is 1. The van der Waals surface area contributed by atoms with Crippen molar-refractivity contribution in [1.82, 2.24) is 25.0 Å². The van der Waals surface area contributed by atoms with Gasteiger partial charge < -0.3 is 15.0 Å². The number of nitrogens with zero attached hydrogens (tertiary/aromatic N) is 5. The molecule has 23 heavy (non-hydrogen) atoms. The molecule has 0 radical (unpaired) electrons. The van der Waals surface area contributed by atoms with Crippen LogP contribution in [0.1, 0.15) is 37.6 Å². The first-order valence-corrected chi connectivity index (χ1v) is 8.06. The van der Waals surface area contributed by atoms with Gasteiger partial charge in [0, 0.05) is 25.5 Å². The molecule has 4 heterocycles. The molecular formula is C15H20N6O2. The number of nitrogen functional groups attached to an aromatic ring is 1. The average molecular weight is 316 g/mol. The van der Waals surface area contributed by atoms with Gasteiger partial charge in [0.05, 0.1) is 11.6 Å². The fourth-order valence-electron chi connectivity index (χ4n) is 3.50. The van der Waals surface area contributed by atoms with Crippen LogP contribution in [0.2, 0.25) is 0 Å². The van der Waals surface area contributed by atoms with Crippen LogP contribution in [-0.2, 0) is 4.74 Å². The van der Waals surface area contributed by atoms with Crippen LogP contribution in [0, 0.1) is 0 Å². The molecule has 2 aromatic rings. The molecule has 8 heteroatoms. The van der Waals surface area contributed by atoms with E-state index in [1.807, 2.05) is 0 Å². The number of ether oxygens (including phenoxy) is 1. The highest BCUT2D eigenvalue weighted by Crippen LogP contribution is 2.36. The van der Waals surface area contributed by atoms with E-state index in [0.29, 0.717) is 29.1 Å². The fourth-order valence-corrected chi connectivity index (χ4v) is 3.50. The fraction of sp³-hybridized carbons (Fsp3) is 0.600. The summed E-state index contributed by atoms with van der Waals surface area (Å²) >= 11 is 0. The number of aromatic nitrogens is 4. The monoisotopic (exact) mass is 316 g/mol. The Morgan fingerprint density at radius 3 is 2.91 bits per heavy atom. The van der Waals surface area contributed by atoms with Crippen molar-refractivity contribution in [3.63, 3.8) is 0 Å². The first-order valence-electron chi connectivity index (χ1n) is 8.06. The molecule has 0 aliphatic carbocycles. The Morgan fingerprint density at radius 2 is 2.09 bits per heavy atom. The van der Waals surface area contributed by atoms with E-state index in [2.05, 4.69) is 25.0 Å². The number of likely N-dealkylation sites (tertiary alicyclic amines) is 1. The molecule has 122 valence electrons. The molecule has 2 aliphatic heterocycles. The van der Waals surface area contributed by atoms with Crippen LogP contribution in [0.25, 0.3) is 11.4 Å². The summed E-state index contributed by atoms with van der Waals surface area (Å²) in [5.41, 5.74) is 6.47. The number of rotatable bonds is 3. The summed E-state index contributed by atoms with van der Waals surface area (Å²) in [5.74, 6) is 1.48. The van der Waals surface area contributed by atoms with Gasteiger partial charge in [0.15, 0.2) is 0 Å². The first-order chi connectivity index (χ1) is 11.3. The van der Waals surface area contributed by atoms with Gasteiger partial charge in [-0.2, -0.15) is 4.98 Å². The molecule has 0 aromatic carbocycles. The molecule has 0 amide bonds. The third-order valence-electron chi connectivity index (χ3n) is 4.66. The van der Waals surface area contributed by atoms with Crippen molar-refractivity contribution in [3.8, 4) is 11.4 Å². The molecule has 4 rings (SSSR count). The minimum atomic E-state index is 0.185. The molecule has 2 fully saturated rings. The molecule has 0 bridgehead atoms. The molecule has 8 nitrogen and oxygen atoms in total. The molecule has 0 saturated carbocycles. The lowest BCUT2D eigenvalue weighted by Crippen LogP contribution is -2.39. The van der Waals surface area contributed by atoms with Crippen molar-refractivity contribution in [2.45, 2.75) is 37.8 Å². The Labute approximate surface area is 134 Å². The van der Waals surface area contributed by atoms with Gasteiger partial charge in [0.1, 0.15) is 12.1 Å². The summed E-state index contributed by atoms with van der Waals surface area (Å²) in [4.78, 5) is 15.0. The van der Waals surface area contributed by atoms with Crippen LogP contribution in [-0.4, -0.2) is 50.8 Å². The maximum absolute atomic E-state index is 5.86. The smallest absolute Gasteiger partial charge is 0.244 e. The second-order valence-electron chi connectivity index (χ2n) is 6.02. The summed E-state index contributed by atoms with van der Waals surface area (Å²) in [6.45, 7) is 2.74. The van der Waals surface area contributed by atoms with Crippen LogP contribution in [0.3, 0.4) is 0 Å². The number of nitrogens with two attached hydrogens (primary N) is 1.